The van der Waals surface area contributed by atoms with Crippen molar-refractivity contribution in [1.29, 1.82) is 0 Å². The Bertz CT molecular complexity index is 642. The van der Waals surface area contributed by atoms with Crippen LogP contribution < -0.4 is 0 Å². The molecule has 2 aromatic rings. The van der Waals surface area contributed by atoms with E-state index in [1.165, 1.54) is 12.8 Å². The molecule has 2 unspecified atom stereocenters. The molecule has 1 aromatic heterocycles. The number of piperidine rings is 1. The number of pyridine rings is 1. The second-order valence-corrected chi connectivity index (χ2v) is 6.13. The summed E-state index contributed by atoms with van der Waals surface area (Å²) in [6.45, 7) is 2.15. The third-order valence-corrected chi connectivity index (χ3v) is 5.05. The summed E-state index contributed by atoms with van der Waals surface area (Å²) in [5.41, 5.74) is 1.33. The van der Waals surface area contributed by atoms with Crippen LogP contribution in [0.25, 0.3) is 10.9 Å². The van der Waals surface area contributed by atoms with Gasteiger partial charge in [-0.1, -0.05) is 24.6 Å². The fraction of sp³-hybridized carbons (Fsp3) is 0.471. The lowest BCUT2D eigenvalue weighted by atomic mass is 9.82. The highest BCUT2D eigenvalue weighted by atomic mass is 16.3. The summed E-state index contributed by atoms with van der Waals surface area (Å²) in [5, 5.41) is 12.4. The molecule has 2 atom stereocenters. The molecule has 4 rings (SSSR count). The van der Waals surface area contributed by atoms with Gasteiger partial charge in [-0.05, 0) is 43.5 Å². The van der Waals surface area contributed by atoms with Crippen LogP contribution in [0.5, 0.6) is 0 Å². The zero-order valence-corrected chi connectivity index (χ0v) is 11.6. The second-order valence-electron chi connectivity index (χ2n) is 6.13. The molecule has 2 aliphatic rings. The molecule has 1 N–H and O–H groups in total. The molecule has 0 saturated carbocycles. The van der Waals surface area contributed by atoms with Crippen molar-refractivity contribution < 1.29 is 5.11 Å². The molecule has 2 aliphatic heterocycles. The van der Waals surface area contributed by atoms with E-state index in [-0.39, 0.29) is 6.04 Å². The summed E-state index contributed by atoms with van der Waals surface area (Å²) >= 11 is 0. The molecule has 0 spiro atoms. The largest absolute Gasteiger partial charge is 0.383 e. The van der Waals surface area contributed by atoms with E-state index in [1.54, 1.807) is 0 Å². The van der Waals surface area contributed by atoms with E-state index >= 15 is 0 Å². The van der Waals surface area contributed by atoms with Crippen molar-refractivity contribution in [1.82, 2.24) is 9.88 Å². The lowest BCUT2D eigenvalue weighted by Crippen LogP contribution is -2.45. The summed E-state index contributed by atoms with van der Waals surface area (Å²) in [6, 6.07) is 10.6. The van der Waals surface area contributed by atoms with Gasteiger partial charge in [0.05, 0.1) is 5.52 Å². The topological polar surface area (TPSA) is 36.4 Å². The molecule has 104 valence electrons. The van der Waals surface area contributed by atoms with Crippen LogP contribution in [-0.2, 0) is 5.60 Å². The van der Waals surface area contributed by atoms with Crippen LogP contribution in [0.15, 0.2) is 36.5 Å². The molecule has 3 heterocycles. The molecule has 20 heavy (non-hydrogen) atoms. The Balaban J connectivity index is 1.77. The Morgan fingerprint density at radius 3 is 3.10 bits per heavy atom. The standard InChI is InChI=1S/C17H20N2O/c20-17(8-11-19-10-2-1-5-16(17)19)14-7-6-13-4-3-9-18-15(13)12-14/h3-4,6-7,9,12,16,20H,1-2,5,8,10-11H2. The monoisotopic (exact) mass is 268 g/mol. The second kappa shape index (κ2) is 4.54. The highest BCUT2D eigenvalue weighted by Gasteiger charge is 2.47. The van der Waals surface area contributed by atoms with Crippen LogP contribution in [-0.4, -0.2) is 34.1 Å². The van der Waals surface area contributed by atoms with Gasteiger partial charge in [0.1, 0.15) is 5.60 Å². The average molecular weight is 268 g/mol. The lowest BCUT2D eigenvalue weighted by molar-refractivity contribution is -0.0137. The van der Waals surface area contributed by atoms with Crippen LogP contribution in [0.1, 0.15) is 31.2 Å². The van der Waals surface area contributed by atoms with Gasteiger partial charge in [-0.3, -0.25) is 9.88 Å². The van der Waals surface area contributed by atoms with Gasteiger partial charge in [0, 0.05) is 24.2 Å². The predicted molar refractivity (Wildman–Crippen MR) is 79.5 cm³/mol. The minimum absolute atomic E-state index is 0.289. The van der Waals surface area contributed by atoms with E-state index in [2.05, 4.69) is 34.1 Å². The highest BCUT2D eigenvalue weighted by Crippen LogP contribution is 2.42. The molecule has 0 amide bonds. The lowest BCUT2D eigenvalue weighted by Gasteiger charge is -2.37. The Kier molecular flexibility index (Phi) is 2.79. The Morgan fingerprint density at radius 2 is 2.15 bits per heavy atom. The van der Waals surface area contributed by atoms with Gasteiger partial charge < -0.3 is 5.11 Å². The van der Waals surface area contributed by atoms with Gasteiger partial charge in [-0.2, -0.15) is 0 Å². The van der Waals surface area contributed by atoms with E-state index in [9.17, 15) is 5.11 Å². The molecule has 0 aliphatic carbocycles. The van der Waals surface area contributed by atoms with Crippen LogP contribution in [0.2, 0.25) is 0 Å². The number of benzene rings is 1. The number of hydrogen-bond donors (Lipinski definition) is 1. The van der Waals surface area contributed by atoms with Gasteiger partial charge in [0.25, 0.3) is 0 Å². The first-order valence-electron chi connectivity index (χ1n) is 7.59. The summed E-state index contributed by atoms with van der Waals surface area (Å²) in [6.07, 6.45) is 6.27. The molecular formula is C17H20N2O. The highest BCUT2D eigenvalue weighted by molar-refractivity contribution is 5.79. The van der Waals surface area contributed by atoms with Crippen LogP contribution in [0.4, 0.5) is 0 Å². The zero-order chi connectivity index (χ0) is 13.6. The van der Waals surface area contributed by atoms with Crippen LogP contribution >= 0.6 is 0 Å². The third kappa shape index (κ3) is 1.77. The molecule has 0 bridgehead atoms. The van der Waals surface area contributed by atoms with Crippen molar-refractivity contribution in [3.8, 4) is 0 Å². The molecule has 1 aromatic carbocycles. The fourth-order valence-corrected chi connectivity index (χ4v) is 3.95. The summed E-state index contributed by atoms with van der Waals surface area (Å²) in [7, 11) is 0. The van der Waals surface area contributed by atoms with Crippen molar-refractivity contribution in [2.24, 2.45) is 0 Å². The van der Waals surface area contributed by atoms with Crippen LogP contribution in [0.3, 0.4) is 0 Å². The number of fused-ring (bicyclic) bond motifs is 2. The van der Waals surface area contributed by atoms with Crippen molar-refractivity contribution in [3.63, 3.8) is 0 Å². The first-order chi connectivity index (χ1) is 9.77. The number of aliphatic hydroxyl groups is 1. The van der Waals surface area contributed by atoms with E-state index in [4.69, 9.17) is 0 Å². The Labute approximate surface area is 119 Å². The minimum atomic E-state index is -0.688. The molecule has 3 nitrogen and oxygen atoms in total. The van der Waals surface area contributed by atoms with E-state index in [1.807, 2.05) is 12.3 Å². The number of rotatable bonds is 1. The molecule has 2 saturated heterocycles. The zero-order valence-electron chi connectivity index (χ0n) is 11.6. The van der Waals surface area contributed by atoms with Crippen molar-refractivity contribution >= 4 is 10.9 Å². The Morgan fingerprint density at radius 1 is 1.20 bits per heavy atom. The van der Waals surface area contributed by atoms with Crippen LogP contribution in [0, 0.1) is 0 Å². The van der Waals surface area contributed by atoms with Gasteiger partial charge in [-0.25, -0.2) is 0 Å². The van der Waals surface area contributed by atoms with Gasteiger partial charge in [0.15, 0.2) is 0 Å². The predicted octanol–water partition coefficient (Wildman–Crippen LogP) is 2.68. The number of nitrogens with zero attached hydrogens (tertiary/aromatic N) is 2. The maximum absolute atomic E-state index is 11.2. The van der Waals surface area contributed by atoms with E-state index in [0.717, 1.165) is 42.4 Å². The van der Waals surface area contributed by atoms with Gasteiger partial charge in [0.2, 0.25) is 0 Å². The minimum Gasteiger partial charge on any atom is -0.383 e. The molecule has 0 radical (unpaired) electrons. The van der Waals surface area contributed by atoms with E-state index in [0.29, 0.717) is 0 Å². The number of aromatic nitrogens is 1. The first kappa shape index (κ1) is 12.3. The molecular weight excluding hydrogens is 248 g/mol. The van der Waals surface area contributed by atoms with Crippen molar-refractivity contribution in [2.45, 2.75) is 37.3 Å². The third-order valence-electron chi connectivity index (χ3n) is 5.05. The summed E-state index contributed by atoms with van der Waals surface area (Å²) in [4.78, 5) is 6.89. The summed E-state index contributed by atoms with van der Waals surface area (Å²) < 4.78 is 0. The van der Waals surface area contributed by atoms with E-state index < -0.39 is 5.60 Å². The number of hydrogen-bond acceptors (Lipinski definition) is 3. The molecule has 2 fully saturated rings. The maximum atomic E-state index is 11.2. The average Bonchev–Trinajstić information content (AvgIpc) is 2.86. The van der Waals surface area contributed by atoms with Crippen molar-refractivity contribution in [3.05, 3.63) is 42.1 Å². The summed E-state index contributed by atoms with van der Waals surface area (Å²) in [5.74, 6) is 0. The quantitative estimate of drug-likeness (QED) is 0.864. The smallest absolute Gasteiger partial charge is 0.106 e. The fourth-order valence-electron chi connectivity index (χ4n) is 3.95. The Hall–Kier alpha value is -1.45. The molecule has 3 heteroatoms. The maximum Gasteiger partial charge on any atom is 0.106 e. The SMILES string of the molecule is OC1(c2ccc3cccnc3c2)CCN2CCCCC21. The normalized spacial score (nSPS) is 30.6. The first-order valence-corrected chi connectivity index (χ1v) is 7.59. The van der Waals surface area contributed by atoms with Crippen molar-refractivity contribution in [2.75, 3.05) is 13.1 Å². The van der Waals surface area contributed by atoms with Gasteiger partial charge in [-0.15, -0.1) is 0 Å². The van der Waals surface area contributed by atoms with Gasteiger partial charge >= 0.3 is 0 Å².